The molecule has 0 unspecified atom stereocenters. The molecule has 0 spiro atoms. The van der Waals surface area contributed by atoms with Crippen molar-refractivity contribution < 1.29 is 21.6 Å². The van der Waals surface area contributed by atoms with E-state index < -0.39 is 38.1 Å². The normalized spacial score (nSPS) is 28.5. The molecule has 1 saturated heterocycles. The quantitative estimate of drug-likeness (QED) is 0.556. The highest BCUT2D eigenvalue weighted by molar-refractivity contribution is 7.89. The predicted molar refractivity (Wildman–Crippen MR) is 125 cm³/mol. The second-order valence-corrected chi connectivity index (χ2v) is 11.9. The average molecular weight is 504 g/mol. The molecule has 2 heterocycles. The van der Waals surface area contributed by atoms with Crippen LogP contribution in [0.15, 0.2) is 51.7 Å². The molecule has 1 N–H and O–H groups in total. The third-order valence-corrected chi connectivity index (χ3v) is 9.78. The smallest absolute Gasteiger partial charge is 0.392 e. The lowest BCUT2D eigenvalue weighted by atomic mass is 9.59. The van der Waals surface area contributed by atoms with E-state index in [-0.39, 0.29) is 35.5 Å². The molecule has 0 radical (unpaired) electrons. The van der Waals surface area contributed by atoms with E-state index in [1.807, 2.05) is 13.0 Å². The largest absolute Gasteiger partial charge is 0.434 e. The van der Waals surface area contributed by atoms with E-state index in [2.05, 4.69) is 10.2 Å². The van der Waals surface area contributed by atoms with E-state index in [4.69, 9.17) is 4.42 Å². The van der Waals surface area contributed by atoms with Crippen LogP contribution in [-0.2, 0) is 22.0 Å². The fourth-order valence-electron chi connectivity index (χ4n) is 5.67. The Bertz CT molecular complexity index is 1400. The first-order valence-electron chi connectivity index (χ1n) is 11.7. The lowest BCUT2D eigenvalue weighted by Gasteiger charge is -2.44. The first-order chi connectivity index (χ1) is 16.6. The molecule has 2 atom stereocenters. The number of hydrogen-bond acceptors (Lipinski definition) is 5. The fraction of sp³-hybridized carbons (Fsp3) is 0.440. The van der Waals surface area contributed by atoms with Crippen LogP contribution in [0.25, 0.3) is 0 Å². The van der Waals surface area contributed by atoms with Gasteiger partial charge in [-0.3, -0.25) is 0 Å². The zero-order valence-corrected chi connectivity index (χ0v) is 20.3. The average Bonchev–Trinajstić information content (AvgIpc) is 3.23. The van der Waals surface area contributed by atoms with Gasteiger partial charge in [-0.05, 0) is 56.2 Å². The van der Waals surface area contributed by atoms with Crippen LogP contribution in [0.1, 0.15) is 67.4 Å². The Labute approximate surface area is 202 Å². The zero-order chi connectivity index (χ0) is 25.0. The van der Waals surface area contributed by atoms with Crippen molar-refractivity contribution in [3.8, 4) is 0 Å². The third-order valence-electron chi connectivity index (χ3n) is 7.42. The minimum Gasteiger partial charge on any atom is -0.392 e. The Morgan fingerprint density at radius 3 is 2.46 bits per heavy atom. The van der Waals surface area contributed by atoms with Crippen molar-refractivity contribution in [1.29, 1.82) is 0 Å². The summed E-state index contributed by atoms with van der Waals surface area (Å²) in [5.74, 6) is -1.89. The van der Waals surface area contributed by atoms with E-state index in [1.54, 1.807) is 31.2 Å². The van der Waals surface area contributed by atoms with Gasteiger partial charge in [-0.15, -0.1) is 5.10 Å². The van der Waals surface area contributed by atoms with Crippen LogP contribution in [0.5, 0.6) is 0 Å². The number of nitrogens with one attached hydrogen (secondary N) is 1. The van der Waals surface area contributed by atoms with Gasteiger partial charge in [0.15, 0.2) is 0 Å². The lowest BCUT2D eigenvalue weighted by Crippen LogP contribution is -2.45. The summed E-state index contributed by atoms with van der Waals surface area (Å²) in [4.78, 5) is 11.5. The van der Waals surface area contributed by atoms with Crippen LogP contribution in [0.3, 0.4) is 0 Å². The van der Waals surface area contributed by atoms with Crippen molar-refractivity contribution in [2.24, 2.45) is 5.92 Å². The third kappa shape index (κ3) is 4.02. The molecule has 35 heavy (non-hydrogen) atoms. The number of rotatable bonds is 5. The molecule has 7 nitrogen and oxygen atoms in total. The summed E-state index contributed by atoms with van der Waals surface area (Å²) in [7, 11) is -3.79. The molecule has 5 rings (SSSR count). The molecule has 0 bridgehead atoms. The lowest BCUT2D eigenvalue weighted by molar-refractivity contribution is 0.155. The van der Waals surface area contributed by atoms with Gasteiger partial charge < -0.3 is 4.42 Å². The molecule has 1 aromatic heterocycles. The maximum atomic E-state index is 15.5. The molecule has 1 aliphatic carbocycles. The number of H-pyrrole nitrogens is 1. The van der Waals surface area contributed by atoms with Crippen molar-refractivity contribution in [3.05, 3.63) is 87.2 Å². The number of benzene rings is 2. The Hall–Kier alpha value is -2.85. The number of halogens is 2. The maximum absolute atomic E-state index is 15.5. The highest BCUT2D eigenvalue weighted by Gasteiger charge is 2.51. The molecule has 1 aliphatic heterocycles. The molecule has 1 saturated carbocycles. The molecular formula is C25H27F2N3O4S. The number of hydrogen-bond donors (Lipinski definition) is 1. The molecule has 0 amide bonds. The van der Waals surface area contributed by atoms with Crippen molar-refractivity contribution in [3.63, 3.8) is 0 Å². The van der Waals surface area contributed by atoms with Gasteiger partial charge in [0.25, 0.3) is 0 Å². The topological polar surface area (TPSA) is 96.3 Å². The van der Waals surface area contributed by atoms with E-state index in [9.17, 15) is 13.2 Å². The molecule has 2 aromatic carbocycles. The Kier molecular flexibility index (Phi) is 5.91. The van der Waals surface area contributed by atoms with Crippen molar-refractivity contribution in [2.75, 3.05) is 0 Å². The van der Waals surface area contributed by atoms with E-state index in [0.717, 1.165) is 12.1 Å². The van der Waals surface area contributed by atoms with Gasteiger partial charge >= 0.3 is 5.76 Å². The van der Waals surface area contributed by atoms with E-state index >= 15 is 8.78 Å². The minimum atomic E-state index is -3.79. The molecule has 3 aromatic rings. The van der Waals surface area contributed by atoms with Crippen LogP contribution in [0.4, 0.5) is 8.78 Å². The van der Waals surface area contributed by atoms with Crippen LogP contribution in [0.2, 0.25) is 0 Å². The van der Waals surface area contributed by atoms with Crippen LogP contribution >= 0.6 is 0 Å². The number of sulfonamides is 1. The summed E-state index contributed by atoms with van der Waals surface area (Å²) < 4.78 is 64.2. The van der Waals surface area contributed by atoms with Gasteiger partial charge in [-0.25, -0.2) is 27.1 Å². The maximum Gasteiger partial charge on any atom is 0.434 e. The first kappa shape index (κ1) is 23.9. The predicted octanol–water partition coefficient (Wildman–Crippen LogP) is 4.41. The standard InChI is InChI=1S/C25H27F2N3O4S/c1-15-12-25(13-15,23-28-29-24(31)34-23)19-11-20(26)18(10-21(19)27)14-30-16(2)8-9-22(35(30,32)33)17-6-4-3-5-7-17/h3-7,10-11,15-16,22H,8-9,12-14H2,1-2H3,(H,29,31)/t15?,16-,22+,25?/m0/s1. The Morgan fingerprint density at radius 2 is 1.83 bits per heavy atom. The number of aromatic amines is 1. The van der Waals surface area contributed by atoms with Crippen LogP contribution in [-0.4, -0.2) is 29.0 Å². The summed E-state index contributed by atoms with van der Waals surface area (Å²) in [6, 6.07) is 10.8. The Morgan fingerprint density at radius 1 is 1.11 bits per heavy atom. The van der Waals surface area contributed by atoms with Crippen molar-refractivity contribution in [1.82, 2.24) is 14.5 Å². The van der Waals surface area contributed by atoms with E-state index in [0.29, 0.717) is 31.2 Å². The summed E-state index contributed by atoms with van der Waals surface area (Å²) in [6.07, 6.45) is 1.98. The molecule has 2 fully saturated rings. The molecule has 2 aliphatic rings. The zero-order valence-electron chi connectivity index (χ0n) is 19.5. The SMILES string of the molecule is CC1CC(c2n[nH]c(=O)o2)(c2cc(F)c(CN3[C@@H](C)CC[C@H](c4ccccc4)S3(=O)=O)cc2F)C1. The first-order valence-corrected chi connectivity index (χ1v) is 13.2. The Balaban J connectivity index is 1.48. The summed E-state index contributed by atoms with van der Waals surface area (Å²) >= 11 is 0. The van der Waals surface area contributed by atoms with Gasteiger partial charge in [-0.2, -0.15) is 4.31 Å². The summed E-state index contributed by atoms with van der Waals surface area (Å²) in [5.41, 5.74) is -0.330. The second-order valence-electron chi connectivity index (χ2n) is 9.85. The molecular weight excluding hydrogens is 476 g/mol. The van der Waals surface area contributed by atoms with Crippen molar-refractivity contribution in [2.45, 2.75) is 62.8 Å². The molecule has 10 heteroatoms. The van der Waals surface area contributed by atoms with Crippen molar-refractivity contribution >= 4 is 10.0 Å². The van der Waals surface area contributed by atoms with Gasteiger partial charge in [0.2, 0.25) is 15.9 Å². The monoisotopic (exact) mass is 503 g/mol. The van der Waals surface area contributed by atoms with E-state index in [1.165, 1.54) is 4.31 Å². The highest BCUT2D eigenvalue weighted by atomic mass is 32.2. The van der Waals surface area contributed by atoms with Crippen LogP contribution < -0.4 is 5.76 Å². The summed E-state index contributed by atoms with van der Waals surface area (Å²) in [5, 5.41) is 5.36. The highest BCUT2D eigenvalue weighted by Crippen LogP contribution is 2.52. The van der Waals surface area contributed by atoms with Gasteiger partial charge in [0, 0.05) is 23.7 Å². The minimum absolute atomic E-state index is 0.0320. The summed E-state index contributed by atoms with van der Waals surface area (Å²) in [6.45, 7) is 3.49. The number of nitrogens with zero attached hydrogens (tertiary/aromatic N) is 2. The molecule has 186 valence electrons. The number of aromatic nitrogens is 2. The van der Waals surface area contributed by atoms with Gasteiger partial charge in [0.05, 0.1) is 5.41 Å². The van der Waals surface area contributed by atoms with Gasteiger partial charge in [0.1, 0.15) is 16.9 Å². The fourth-order valence-corrected chi connectivity index (χ4v) is 7.86. The van der Waals surface area contributed by atoms with Crippen LogP contribution in [0, 0.1) is 17.6 Å². The van der Waals surface area contributed by atoms with Gasteiger partial charge in [-0.1, -0.05) is 37.3 Å². The second kappa shape index (κ2) is 8.67.